The maximum atomic E-state index is 14.0. The number of rotatable bonds is 5. The van der Waals surface area contributed by atoms with E-state index in [4.69, 9.17) is 0 Å². The van der Waals surface area contributed by atoms with E-state index >= 15 is 0 Å². The molecule has 1 aromatic heterocycles. The van der Waals surface area contributed by atoms with Crippen LogP contribution in [0.5, 0.6) is 0 Å². The fraction of sp³-hybridized carbons (Fsp3) is 0.185. The van der Waals surface area contributed by atoms with Crippen molar-refractivity contribution in [3.8, 4) is 0 Å². The Morgan fingerprint density at radius 1 is 0.879 bits per heavy atom. The molecule has 2 heterocycles. The molecule has 0 radical (unpaired) electrons. The highest BCUT2D eigenvalue weighted by Gasteiger charge is 2.24. The van der Waals surface area contributed by atoms with Gasteiger partial charge in [-0.1, -0.05) is 42.5 Å². The number of carbonyl (C=O) groups excluding carboxylic acids is 2. The highest BCUT2D eigenvalue weighted by Crippen LogP contribution is 2.27. The van der Waals surface area contributed by atoms with Crippen LogP contribution in [-0.4, -0.2) is 34.4 Å². The van der Waals surface area contributed by atoms with Crippen LogP contribution < -0.4 is 5.32 Å². The molecule has 0 bridgehead atoms. The van der Waals surface area contributed by atoms with Gasteiger partial charge in [0.05, 0.1) is 5.56 Å². The average Bonchev–Trinajstić information content (AvgIpc) is 3.48. The molecule has 4 aromatic rings. The summed E-state index contributed by atoms with van der Waals surface area (Å²) in [6.45, 7) is 2.12. The first-order valence-electron chi connectivity index (χ1n) is 11.1. The lowest BCUT2D eigenvalue weighted by atomic mass is 10.1. The minimum Gasteiger partial charge on any atom is -0.337 e. The van der Waals surface area contributed by atoms with Crippen molar-refractivity contribution in [1.29, 1.82) is 0 Å². The predicted molar refractivity (Wildman–Crippen MR) is 127 cm³/mol. The van der Waals surface area contributed by atoms with Crippen molar-refractivity contribution in [2.75, 3.05) is 18.4 Å². The molecule has 166 valence electrons. The second-order valence-corrected chi connectivity index (χ2v) is 8.31. The van der Waals surface area contributed by atoms with E-state index in [1.165, 1.54) is 12.1 Å². The molecule has 0 unspecified atom stereocenters. The molecule has 0 atom stereocenters. The summed E-state index contributed by atoms with van der Waals surface area (Å²) in [6, 6.07) is 23.3. The Kier molecular flexibility index (Phi) is 5.65. The summed E-state index contributed by atoms with van der Waals surface area (Å²) in [4.78, 5) is 27.8. The molecular weight excluding hydrogens is 417 g/mol. The Morgan fingerprint density at radius 3 is 2.36 bits per heavy atom. The maximum Gasteiger partial charge on any atom is 0.270 e. The SMILES string of the molecule is O=C(Nc1ccc2c(c1)cc(C(=O)N1CCCC1)n2Cc1ccccc1)c1ccccc1F. The molecule has 33 heavy (non-hydrogen) atoms. The summed E-state index contributed by atoms with van der Waals surface area (Å²) in [5.41, 5.74) is 3.18. The smallest absolute Gasteiger partial charge is 0.270 e. The molecule has 3 aromatic carbocycles. The number of fused-ring (bicyclic) bond motifs is 1. The van der Waals surface area contributed by atoms with Crippen LogP contribution in [0, 0.1) is 5.82 Å². The minimum atomic E-state index is -0.566. The quantitative estimate of drug-likeness (QED) is 0.456. The first kappa shape index (κ1) is 20.9. The number of benzene rings is 3. The van der Waals surface area contributed by atoms with Crippen molar-refractivity contribution < 1.29 is 14.0 Å². The molecule has 6 heteroatoms. The Morgan fingerprint density at radius 2 is 1.61 bits per heavy atom. The molecule has 2 amide bonds. The van der Waals surface area contributed by atoms with E-state index in [1.807, 2.05) is 58.0 Å². The van der Waals surface area contributed by atoms with Gasteiger partial charge in [-0.3, -0.25) is 9.59 Å². The third-order valence-corrected chi connectivity index (χ3v) is 6.07. The van der Waals surface area contributed by atoms with Gasteiger partial charge in [-0.15, -0.1) is 0 Å². The number of halogens is 1. The number of carbonyl (C=O) groups is 2. The lowest BCUT2D eigenvalue weighted by Crippen LogP contribution is -2.29. The molecule has 0 spiro atoms. The molecule has 1 aliphatic rings. The van der Waals surface area contributed by atoms with E-state index in [2.05, 4.69) is 5.32 Å². The van der Waals surface area contributed by atoms with Gasteiger partial charge in [0.2, 0.25) is 0 Å². The van der Waals surface area contributed by atoms with Crippen LogP contribution >= 0.6 is 0 Å². The third kappa shape index (κ3) is 4.24. The number of aromatic nitrogens is 1. The molecule has 0 aliphatic carbocycles. The summed E-state index contributed by atoms with van der Waals surface area (Å²) in [7, 11) is 0. The first-order chi connectivity index (χ1) is 16.1. The number of nitrogens with zero attached hydrogens (tertiary/aromatic N) is 2. The highest BCUT2D eigenvalue weighted by atomic mass is 19.1. The van der Waals surface area contributed by atoms with Gasteiger partial charge in [0.1, 0.15) is 11.5 Å². The molecule has 1 saturated heterocycles. The van der Waals surface area contributed by atoms with Crippen molar-refractivity contribution in [3.63, 3.8) is 0 Å². The van der Waals surface area contributed by atoms with E-state index < -0.39 is 11.7 Å². The van der Waals surface area contributed by atoms with Crippen LogP contribution in [0.15, 0.2) is 78.9 Å². The van der Waals surface area contributed by atoms with E-state index in [-0.39, 0.29) is 11.5 Å². The largest absolute Gasteiger partial charge is 0.337 e. The van der Waals surface area contributed by atoms with Crippen LogP contribution in [-0.2, 0) is 6.54 Å². The highest BCUT2D eigenvalue weighted by molar-refractivity contribution is 6.06. The topological polar surface area (TPSA) is 54.3 Å². The van der Waals surface area contributed by atoms with E-state index in [0.29, 0.717) is 17.9 Å². The van der Waals surface area contributed by atoms with Crippen LogP contribution in [0.3, 0.4) is 0 Å². The number of hydrogen-bond donors (Lipinski definition) is 1. The van der Waals surface area contributed by atoms with Crippen molar-refractivity contribution in [3.05, 3.63) is 102 Å². The van der Waals surface area contributed by atoms with Crippen LogP contribution in [0.4, 0.5) is 10.1 Å². The lowest BCUT2D eigenvalue weighted by Gasteiger charge is -2.17. The van der Waals surface area contributed by atoms with Crippen LogP contribution in [0.2, 0.25) is 0 Å². The second kappa shape index (κ2) is 8.90. The normalized spacial score (nSPS) is 13.4. The van der Waals surface area contributed by atoms with Crippen molar-refractivity contribution in [2.45, 2.75) is 19.4 Å². The Balaban J connectivity index is 1.51. The molecule has 5 rings (SSSR count). The zero-order valence-electron chi connectivity index (χ0n) is 18.1. The summed E-state index contributed by atoms with van der Waals surface area (Å²) in [5, 5.41) is 3.62. The van der Waals surface area contributed by atoms with E-state index in [1.54, 1.807) is 18.2 Å². The zero-order valence-corrected chi connectivity index (χ0v) is 18.1. The second-order valence-electron chi connectivity index (χ2n) is 8.31. The summed E-state index contributed by atoms with van der Waals surface area (Å²) >= 11 is 0. The molecule has 1 aliphatic heterocycles. The van der Waals surface area contributed by atoms with Crippen molar-refractivity contribution in [2.24, 2.45) is 0 Å². The average molecular weight is 442 g/mol. The first-order valence-corrected chi connectivity index (χ1v) is 11.1. The molecule has 1 fully saturated rings. The molecule has 5 nitrogen and oxygen atoms in total. The number of nitrogens with one attached hydrogen (secondary N) is 1. The van der Waals surface area contributed by atoms with Crippen LogP contribution in [0.1, 0.15) is 39.3 Å². The monoisotopic (exact) mass is 441 g/mol. The summed E-state index contributed by atoms with van der Waals surface area (Å²) in [6.07, 6.45) is 2.05. The number of amides is 2. The van der Waals surface area contributed by atoms with Gasteiger partial charge >= 0.3 is 0 Å². The standard InChI is InChI=1S/C27H24FN3O2/c28-23-11-5-4-10-22(23)26(32)29-21-12-13-24-20(16-21)17-25(27(33)30-14-6-7-15-30)31(24)18-19-8-2-1-3-9-19/h1-5,8-13,16-17H,6-7,14-15,18H2,(H,29,32). The van der Waals surface area contributed by atoms with Gasteiger partial charge in [-0.2, -0.15) is 0 Å². The Labute approximate surface area is 191 Å². The van der Waals surface area contributed by atoms with Gasteiger partial charge in [0.25, 0.3) is 11.8 Å². The number of anilines is 1. The fourth-order valence-corrected chi connectivity index (χ4v) is 4.39. The summed E-state index contributed by atoms with van der Waals surface area (Å²) in [5.74, 6) is -1.05. The minimum absolute atomic E-state index is 0.0101. The van der Waals surface area contributed by atoms with Gasteiger partial charge in [0, 0.05) is 36.2 Å². The van der Waals surface area contributed by atoms with Crippen molar-refractivity contribution >= 4 is 28.4 Å². The van der Waals surface area contributed by atoms with Gasteiger partial charge in [0.15, 0.2) is 0 Å². The predicted octanol–water partition coefficient (Wildman–Crippen LogP) is 5.32. The number of likely N-dealkylation sites (tertiary alicyclic amines) is 1. The van der Waals surface area contributed by atoms with Gasteiger partial charge in [-0.25, -0.2) is 4.39 Å². The van der Waals surface area contributed by atoms with Crippen molar-refractivity contribution in [1.82, 2.24) is 9.47 Å². The van der Waals surface area contributed by atoms with Gasteiger partial charge in [-0.05, 0) is 54.8 Å². The Hall–Kier alpha value is -3.93. The zero-order chi connectivity index (χ0) is 22.8. The lowest BCUT2D eigenvalue weighted by molar-refractivity contribution is 0.0783. The van der Waals surface area contributed by atoms with E-state index in [9.17, 15) is 14.0 Å². The molecule has 0 saturated carbocycles. The van der Waals surface area contributed by atoms with Gasteiger partial charge < -0.3 is 14.8 Å². The summed E-state index contributed by atoms with van der Waals surface area (Å²) < 4.78 is 16.0. The number of hydrogen-bond acceptors (Lipinski definition) is 2. The Bertz CT molecular complexity index is 1320. The van der Waals surface area contributed by atoms with Crippen LogP contribution in [0.25, 0.3) is 10.9 Å². The maximum absolute atomic E-state index is 14.0. The molecular formula is C27H24FN3O2. The molecule has 1 N–H and O–H groups in total. The fourth-order valence-electron chi connectivity index (χ4n) is 4.39. The van der Waals surface area contributed by atoms with E-state index in [0.717, 1.165) is 42.4 Å². The third-order valence-electron chi connectivity index (χ3n) is 6.07.